The number of carbonyl (C=O) groups excluding carboxylic acids is 2. The van der Waals surface area contributed by atoms with Gasteiger partial charge in [-0.15, -0.1) is 0 Å². The van der Waals surface area contributed by atoms with Crippen LogP contribution in [0, 0.1) is 0 Å². The van der Waals surface area contributed by atoms with Crippen LogP contribution in [0.1, 0.15) is 48.5 Å². The Morgan fingerprint density at radius 3 is 1.94 bits per heavy atom. The summed E-state index contributed by atoms with van der Waals surface area (Å²) in [6, 6.07) is -0.723. The Bertz CT molecular complexity index is 288. The van der Waals surface area contributed by atoms with Crippen molar-refractivity contribution in [3.63, 3.8) is 0 Å². The second-order valence-corrected chi connectivity index (χ2v) is 6.24. The molecule has 0 aliphatic carbocycles. The van der Waals surface area contributed by atoms with E-state index in [9.17, 15) is 9.59 Å². The van der Waals surface area contributed by atoms with Gasteiger partial charge < -0.3 is 19.6 Å². The monoisotopic (exact) mass is 259 g/mol. The number of alkyl carbamates (subject to hydrolysis) is 1. The van der Waals surface area contributed by atoms with Crippen molar-refractivity contribution in [3.8, 4) is 0 Å². The van der Waals surface area contributed by atoms with Gasteiger partial charge in [-0.25, -0.2) is 4.79 Å². The lowest BCUT2D eigenvalue weighted by atomic mass is 10.1. The van der Waals surface area contributed by atoms with E-state index in [-0.39, 0.29) is 5.60 Å². The lowest BCUT2D eigenvalue weighted by Crippen LogP contribution is -2.48. The van der Waals surface area contributed by atoms with Crippen molar-refractivity contribution < 1.29 is 19.1 Å². The molecular weight excluding hydrogens is 234 g/mol. The molecule has 0 aromatic carbocycles. The number of aldehydes is 1. The van der Waals surface area contributed by atoms with Gasteiger partial charge in [0.15, 0.2) is 0 Å². The molecule has 1 amide bonds. The summed E-state index contributed by atoms with van der Waals surface area (Å²) in [7, 11) is 0. The van der Waals surface area contributed by atoms with Crippen LogP contribution < -0.4 is 5.32 Å². The molecule has 5 nitrogen and oxygen atoms in total. The molecule has 0 unspecified atom stereocenters. The summed E-state index contributed by atoms with van der Waals surface area (Å²) < 4.78 is 10.7. The Morgan fingerprint density at radius 2 is 1.61 bits per heavy atom. The van der Waals surface area contributed by atoms with Gasteiger partial charge in [0.05, 0.1) is 11.7 Å². The average molecular weight is 259 g/mol. The van der Waals surface area contributed by atoms with E-state index >= 15 is 0 Å². The van der Waals surface area contributed by atoms with Gasteiger partial charge >= 0.3 is 6.09 Å². The number of rotatable bonds is 4. The van der Waals surface area contributed by atoms with E-state index in [1.54, 1.807) is 27.7 Å². The summed E-state index contributed by atoms with van der Waals surface area (Å²) in [5, 5.41) is 2.49. The highest BCUT2D eigenvalue weighted by atomic mass is 16.6. The normalized spacial score (nSPS) is 15.7. The first kappa shape index (κ1) is 16.9. The average Bonchev–Trinajstić information content (AvgIpc) is 2.07. The Kier molecular flexibility index (Phi) is 5.80. The molecule has 0 fully saturated rings. The highest BCUT2D eigenvalue weighted by Crippen LogP contribution is 2.13. The van der Waals surface area contributed by atoms with Crippen LogP contribution in [-0.2, 0) is 14.3 Å². The van der Waals surface area contributed by atoms with Gasteiger partial charge in [-0.05, 0) is 48.5 Å². The molecule has 0 aliphatic heterocycles. The van der Waals surface area contributed by atoms with E-state index in [4.69, 9.17) is 9.47 Å². The van der Waals surface area contributed by atoms with E-state index in [0.717, 1.165) is 0 Å². The number of carbonyl (C=O) groups is 2. The van der Waals surface area contributed by atoms with E-state index in [1.165, 1.54) is 0 Å². The minimum Gasteiger partial charge on any atom is -0.444 e. The first-order valence-corrected chi connectivity index (χ1v) is 6.07. The minimum atomic E-state index is -0.723. The fourth-order valence-electron chi connectivity index (χ4n) is 1.34. The summed E-state index contributed by atoms with van der Waals surface area (Å²) in [5.74, 6) is 0. The molecule has 0 heterocycles. The Hall–Kier alpha value is -1.10. The Balaban J connectivity index is 4.43. The molecule has 2 atom stereocenters. The second kappa shape index (κ2) is 6.18. The van der Waals surface area contributed by atoms with Gasteiger partial charge in [0.1, 0.15) is 17.9 Å². The lowest BCUT2D eigenvalue weighted by molar-refractivity contribution is -0.117. The fraction of sp³-hybridized carbons (Fsp3) is 0.846. The predicted molar refractivity (Wildman–Crippen MR) is 69.5 cm³/mol. The van der Waals surface area contributed by atoms with Gasteiger partial charge in [0, 0.05) is 0 Å². The first-order chi connectivity index (χ1) is 7.94. The predicted octanol–water partition coefficient (Wildman–Crippen LogP) is 2.28. The summed E-state index contributed by atoms with van der Waals surface area (Å²) in [6.07, 6.45) is -0.390. The third-order valence-electron chi connectivity index (χ3n) is 1.88. The molecule has 0 saturated carbocycles. The zero-order valence-electron chi connectivity index (χ0n) is 12.4. The molecule has 0 aromatic rings. The van der Waals surface area contributed by atoms with Crippen LogP contribution in [0.15, 0.2) is 0 Å². The zero-order chi connectivity index (χ0) is 14.6. The van der Waals surface area contributed by atoms with Crippen molar-refractivity contribution in [3.05, 3.63) is 0 Å². The largest absolute Gasteiger partial charge is 0.444 e. The SMILES string of the molecule is C[C@H](OC(C)(C)C)[C@H](C=O)NC(=O)OC(C)(C)C. The smallest absolute Gasteiger partial charge is 0.408 e. The van der Waals surface area contributed by atoms with Crippen LogP contribution in [0.3, 0.4) is 0 Å². The Morgan fingerprint density at radius 1 is 1.11 bits per heavy atom. The van der Waals surface area contributed by atoms with Crippen LogP contribution in [0.2, 0.25) is 0 Å². The highest BCUT2D eigenvalue weighted by Gasteiger charge is 2.26. The van der Waals surface area contributed by atoms with Crippen molar-refractivity contribution >= 4 is 12.4 Å². The van der Waals surface area contributed by atoms with Crippen LogP contribution >= 0.6 is 0 Å². The topological polar surface area (TPSA) is 64.6 Å². The summed E-state index contributed by atoms with van der Waals surface area (Å²) in [5.41, 5.74) is -0.970. The van der Waals surface area contributed by atoms with Crippen LogP contribution in [0.4, 0.5) is 4.79 Å². The molecule has 5 heteroatoms. The van der Waals surface area contributed by atoms with E-state index < -0.39 is 23.8 Å². The minimum absolute atomic E-state index is 0.379. The molecule has 106 valence electrons. The van der Waals surface area contributed by atoms with Crippen LogP contribution in [-0.4, -0.2) is 35.7 Å². The fourth-order valence-corrected chi connectivity index (χ4v) is 1.34. The third kappa shape index (κ3) is 8.06. The summed E-state index contributed by atoms with van der Waals surface area (Å²) in [6.45, 7) is 12.7. The van der Waals surface area contributed by atoms with Crippen LogP contribution in [0.25, 0.3) is 0 Å². The number of nitrogens with one attached hydrogen (secondary N) is 1. The van der Waals surface area contributed by atoms with Gasteiger partial charge in [-0.1, -0.05) is 0 Å². The van der Waals surface area contributed by atoms with Crippen molar-refractivity contribution in [2.75, 3.05) is 0 Å². The number of hydrogen-bond acceptors (Lipinski definition) is 4. The van der Waals surface area contributed by atoms with E-state index in [2.05, 4.69) is 5.32 Å². The molecule has 1 N–H and O–H groups in total. The van der Waals surface area contributed by atoms with Gasteiger partial charge in [0.2, 0.25) is 0 Å². The highest BCUT2D eigenvalue weighted by molar-refractivity contribution is 5.73. The quantitative estimate of drug-likeness (QED) is 0.787. The zero-order valence-corrected chi connectivity index (χ0v) is 12.4. The van der Waals surface area contributed by atoms with Crippen molar-refractivity contribution in [2.24, 2.45) is 0 Å². The van der Waals surface area contributed by atoms with Gasteiger partial charge in [-0.2, -0.15) is 0 Å². The molecular formula is C13H25NO4. The molecule has 0 bridgehead atoms. The molecule has 0 radical (unpaired) electrons. The second-order valence-electron chi connectivity index (χ2n) is 6.24. The van der Waals surface area contributed by atoms with E-state index in [0.29, 0.717) is 6.29 Å². The first-order valence-electron chi connectivity index (χ1n) is 6.07. The maximum absolute atomic E-state index is 11.6. The Labute approximate surface area is 109 Å². The number of ether oxygens (including phenoxy) is 2. The number of amides is 1. The van der Waals surface area contributed by atoms with Crippen LogP contribution in [0.5, 0.6) is 0 Å². The molecule has 0 aliphatic rings. The molecule has 0 aromatic heterocycles. The van der Waals surface area contributed by atoms with Gasteiger partial charge in [-0.3, -0.25) is 0 Å². The maximum atomic E-state index is 11.6. The van der Waals surface area contributed by atoms with Gasteiger partial charge in [0.25, 0.3) is 0 Å². The molecule has 0 rings (SSSR count). The maximum Gasteiger partial charge on any atom is 0.408 e. The molecule has 0 saturated heterocycles. The molecule has 18 heavy (non-hydrogen) atoms. The lowest BCUT2D eigenvalue weighted by Gasteiger charge is -2.29. The summed E-state index contributed by atoms with van der Waals surface area (Å²) >= 11 is 0. The van der Waals surface area contributed by atoms with Crippen molar-refractivity contribution in [2.45, 2.75) is 71.8 Å². The van der Waals surface area contributed by atoms with Crippen molar-refractivity contribution in [1.29, 1.82) is 0 Å². The summed E-state index contributed by atoms with van der Waals surface area (Å²) in [4.78, 5) is 22.5. The molecule has 0 spiro atoms. The van der Waals surface area contributed by atoms with E-state index in [1.807, 2.05) is 20.8 Å². The number of hydrogen-bond donors (Lipinski definition) is 1. The van der Waals surface area contributed by atoms with Crippen molar-refractivity contribution in [1.82, 2.24) is 5.32 Å². The third-order valence-corrected chi connectivity index (χ3v) is 1.88. The standard InChI is InChI=1S/C13H25NO4/c1-9(17-12(2,3)4)10(8-15)14-11(16)18-13(5,6)7/h8-10H,1-7H3,(H,14,16)/t9-,10-/m0/s1.